The van der Waals surface area contributed by atoms with Gasteiger partial charge in [0, 0.05) is 24.2 Å². The Balaban J connectivity index is 1.99. The van der Waals surface area contributed by atoms with Gasteiger partial charge in [0.2, 0.25) is 0 Å². The molecule has 1 aliphatic rings. The van der Waals surface area contributed by atoms with Gasteiger partial charge in [0.05, 0.1) is 4.92 Å². The normalized spacial score (nSPS) is 24.3. The first-order valence-electron chi connectivity index (χ1n) is 7.60. The number of hydrogen-bond donors (Lipinski definition) is 1. The lowest BCUT2D eigenvalue weighted by Crippen LogP contribution is -2.35. The van der Waals surface area contributed by atoms with E-state index >= 15 is 0 Å². The quantitative estimate of drug-likeness (QED) is 0.647. The van der Waals surface area contributed by atoms with Crippen molar-refractivity contribution in [2.45, 2.75) is 58.0 Å². The second-order valence-electron chi connectivity index (χ2n) is 5.88. The van der Waals surface area contributed by atoms with Gasteiger partial charge in [0.1, 0.15) is 0 Å². The molecular weight excluding hydrogens is 252 g/mol. The number of nitrogens with one attached hydrogen (secondary N) is 1. The van der Waals surface area contributed by atoms with Gasteiger partial charge < -0.3 is 5.32 Å². The van der Waals surface area contributed by atoms with Gasteiger partial charge in [-0.3, -0.25) is 10.1 Å². The number of nitro benzene ring substituents is 1. The number of benzene rings is 1. The summed E-state index contributed by atoms with van der Waals surface area (Å²) in [6, 6.07) is 7.66. The average Bonchev–Trinajstić information content (AvgIpc) is 2.47. The number of nitrogens with zero attached hydrogens (tertiary/aromatic N) is 1. The molecule has 20 heavy (non-hydrogen) atoms. The largest absolute Gasteiger partial charge is 0.307 e. The van der Waals surface area contributed by atoms with Crippen LogP contribution in [0.25, 0.3) is 0 Å². The Morgan fingerprint density at radius 2 is 2.25 bits per heavy atom. The maximum Gasteiger partial charge on any atom is 0.269 e. The van der Waals surface area contributed by atoms with Gasteiger partial charge in [-0.15, -0.1) is 0 Å². The molecule has 110 valence electrons. The van der Waals surface area contributed by atoms with Crippen LogP contribution in [-0.4, -0.2) is 11.0 Å². The Morgan fingerprint density at radius 1 is 1.45 bits per heavy atom. The third-order valence-electron chi connectivity index (χ3n) is 4.43. The van der Waals surface area contributed by atoms with E-state index in [1.165, 1.54) is 32.1 Å². The molecule has 1 saturated carbocycles. The monoisotopic (exact) mass is 276 g/mol. The van der Waals surface area contributed by atoms with Crippen molar-refractivity contribution >= 4 is 5.69 Å². The van der Waals surface area contributed by atoms with Crippen LogP contribution in [0.1, 0.15) is 57.6 Å². The van der Waals surface area contributed by atoms with Crippen molar-refractivity contribution in [3.8, 4) is 0 Å². The zero-order chi connectivity index (χ0) is 14.5. The first-order valence-corrected chi connectivity index (χ1v) is 7.60. The summed E-state index contributed by atoms with van der Waals surface area (Å²) in [4.78, 5) is 10.5. The van der Waals surface area contributed by atoms with Gasteiger partial charge in [0.25, 0.3) is 5.69 Å². The van der Waals surface area contributed by atoms with E-state index in [4.69, 9.17) is 0 Å². The second kappa shape index (κ2) is 6.84. The molecule has 4 nitrogen and oxygen atoms in total. The van der Waals surface area contributed by atoms with Crippen molar-refractivity contribution in [2.24, 2.45) is 5.92 Å². The molecule has 3 atom stereocenters. The molecule has 2 rings (SSSR count). The van der Waals surface area contributed by atoms with E-state index in [0.29, 0.717) is 6.04 Å². The van der Waals surface area contributed by atoms with E-state index in [-0.39, 0.29) is 16.7 Å². The molecule has 1 aliphatic carbocycles. The highest BCUT2D eigenvalue weighted by atomic mass is 16.6. The minimum absolute atomic E-state index is 0.163. The maximum absolute atomic E-state index is 10.8. The fraction of sp³-hybridized carbons (Fsp3) is 0.625. The molecule has 1 fully saturated rings. The lowest BCUT2D eigenvalue weighted by atomic mass is 9.84. The standard InChI is InChI=1S/C16H24N2O2/c1-3-13-6-4-8-15(10-13)17-12(2)14-7-5-9-16(11-14)18(19)20/h5,7,9,11-13,15,17H,3-4,6,8,10H2,1-2H3. The maximum atomic E-state index is 10.8. The predicted octanol–water partition coefficient (Wildman–Crippen LogP) is 4.21. The molecule has 0 spiro atoms. The molecule has 1 aromatic rings. The van der Waals surface area contributed by atoms with Gasteiger partial charge in [-0.1, -0.05) is 38.3 Å². The van der Waals surface area contributed by atoms with Crippen LogP contribution >= 0.6 is 0 Å². The summed E-state index contributed by atoms with van der Waals surface area (Å²) in [5.41, 5.74) is 1.17. The average molecular weight is 276 g/mol. The Bertz CT molecular complexity index is 462. The van der Waals surface area contributed by atoms with E-state index in [2.05, 4.69) is 19.2 Å². The van der Waals surface area contributed by atoms with Crippen LogP contribution in [0.15, 0.2) is 24.3 Å². The number of nitro groups is 1. The highest BCUT2D eigenvalue weighted by molar-refractivity contribution is 5.35. The van der Waals surface area contributed by atoms with E-state index in [1.807, 2.05) is 6.07 Å². The van der Waals surface area contributed by atoms with Crippen molar-refractivity contribution in [3.05, 3.63) is 39.9 Å². The molecule has 0 amide bonds. The summed E-state index contributed by atoms with van der Waals surface area (Å²) in [5, 5.41) is 14.5. The first kappa shape index (κ1) is 15.0. The Labute approximate surface area is 120 Å². The van der Waals surface area contributed by atoms with Crippen molar-refractivity contribution in [1.82, 2.24) is 5.32 Å². The van der Waals surface area contributed by atoms with Crippen LogP contribution < -0.4 is 5.32 Å². The van der Waals surface area contributed by atoms with Crippen LogP contribution in [-0.2, 0) is 0 Å². The minimum Gasteiger partial charge on any atom is -0.307 e. The molecule has 0 heterocycles. The number of rotatable bonds is 5. The van der Waals surface area contributed by atoms with Gasteiger partial charge >= 0.3 is 0 Å². The van der Waals surface area contributed by atoms with Gasteiger partial charge in [-0.2, -0.15) is 0 Å². The van der Waals surface area contributed by atoms with Crippen LogP contribution in [0.3, 0.4) is 0 Å². The number of non-ortho nitro benzene ring substituents is 1. The highest BCUT2D eigenvalue weighted by Crippen LogP contribution is 2.28. The van der Waals surface area contributed by atoms with Crippen molar-refractivity contribution in [1.29, 1.82) is 0 Å². The summed E-state index contributed by atoms with van der Waals surface area (Å²) in [7, 11) is 0. The van der Waals surface area contributed by atoms with Crippen LogP contribution in [0.4, 0.5) is 5.69 Å². The smallest absolute Gasteiger partial charge is 0.269 e. The summed E-state index contributed by atoms with van der Waals surface area (Å²) in [5.74, 6) is 0.832. The van der Waals surface area contributed by atoms with Gasteiger partial charge in [0.15, 0.2) is 0 Å². The SMILES string of the molecule is CCC1CCCC(NC(C)c2cccc([N+](=O)[O-])c2)C1. The molecule has 1 aromatic carbocycles. The van der Waals surface area contributed by atoms with E-state index < -0.39 is 0 Å². The third-order valence-corrected chi connectivity index (χ3v) is 4.43. The molecule has 0 aliphatic heterocycles. The summed E-state index contributed by atoms with van der Waals surface area (Å²) < 4.78 is 0. The fourth-order valence-electron chi connectivity index (χ4n) is 3.17. The molecule has 3 unspecified atom stereocenters. The zero-order valence-electron chi connectivity index (χ0n) is 12.3. The lowest BCUT2D eigenvalue weighted by molar-refractivity contribution is -0.384. The van der Waals surface area contributed by atoms with Gasteiger partial charge in [-0.05, 0) is 31.2 Å². The van der Waals surface area contributed by atoms with E-state index in [0.717, 1.165) is 11.5 Å². The molecule has 0 saturated heterocycles. The molecule has 4 heteroatoms. The Morgan fingerprint density at radius 3 is 2.95 bits per heavy atom. The summed E-state index contributed by atoms with van der Waals surface area (Å²) in [6.45, 7) is 4.35. The first-order chi connectivity index (χ1) is 9.60. The van der Waals surface area contributed by atoms with Crippen molar-refractivity contribution in [3.63, 3.8) is 0 Å². The molecule has 0 radical (unpaired) electrons. The van der Waals surface area contributed by atoms with Crippen LogP contribution in [0.5, 0.6) is 0 Å². The topological polar surface area (TPSA) is 55.2 Å². The zero-order valence-corrected chi connectivity index (χ0v) is 12.3. The van der Waals surface area contributed by atoms with Gasteiger partial charge in [-0.25, -0.2) is 0 Å². The molecule has 0 aromatic heterocycles. The fourth-order valence-corrected chi connectivity index (χ4v) is 3.17. The van der Waals surface area contributed by atoms with Crippen LogP contribution in [0, 0.1) is 16.0 Å². The van der Waals surface area contributed by atoms with Crippen LogP contribution in [0.2, 0.25) is 0 Å². The second-order valence-corrected chi connectivity index (χ2v) is 5.88. The van der Waals surface area contributed by atoms with E-state index in [1.54, 1.807) is 18.2 Å². The van der Waals surface area contributed by atoms with Crippen molar-refractivity contribution < 1.29 is 4.92 Å². The Kier molecular flexibility index (Phi) is 5.12. The van der Waals surface area contributed by atoms with E-state index in [9.17, 15) is 10.1 Å². The molecule has 0 bridgehead atoms. The molecule has 1 N–H and O–H groups in total. The number of hydrogen-bond acceptors (Lipinski definition) is 3. The minimum atomic E-state index is -0.329. The van der Waals surface area contributed by atoms with Crippen molar-refractivity contribution in [2.75, 3.05) is 0 Å². The third kappa shape index (κ3) is 3.79. The highest BCUT2D eigenvalue weighted by Gasteiger charge is 2.22. The lowest BCUT2D eigenvalue weighted by Gasteiger charge is -2.31. The summed E-state index contributed by atoms with van der Waals surface area (Å²) >= 11 is 0. The Hall–Kier alpha value is -1.42. The molecular formula is C16H24N2O2. The predicted molar refractivity (Wildman–Crippen MR) is 80.7 cm³/mol. The summed E-state index contributed by atoms with van der Waals surface area (Å²) in [6.07, 6.45) is 6.34.